The monoisotopic (exact) mass is 356 g/mol. The van der Waals surface area contributed by atoms with Gasteiger partial charge in [0.2, 0.25) is 5.91 Å². The van der Waals surface area contributed by atoms with Crippen LogP contribution in [0.15, 0.2) is 48.5 Å². The van der Waals surface area contributed by atoms with Crippen molar-refractivity contribution >= 4 is 5.91 Å². The fourth-order valence-corrected chi connectivity index (χ4v) is 2.82. The number of nitrogens with two attached hydrogens (primary N) is 1. The lowest BCUT2D eigenvalue weighted by Crippen LogP contribution is -2.32. The van der Waals surface area contributed by atoms with Crippen LogP contribution in [-0.4, -0.2) is 38.1 Å². The van der Waals surface area contributed by atoms with Crippen molar-refractivity contribution in [1.82, 2.24) is 4.90 Å². The molecule has 0 saturated heterocycles. The number of hydrogen-bond acceptors (Lipinski definition) is 4. The summed E-state index contributed by atoms with van der Waals surface area (Å²) in [7, 11) is 3.22. The molecule has 1 amide bonds. The summed E-state index contributed by atoms with van der Waals surface area (Å²) in [6.07, 6.45) is 1.91. The topological polar surface area (TPSA) is 64.8 Å². The molecule has 5 heteroatoms. The van der Waals surface area contributed by atoms with Gasteiger partial charge in [0.25, 0.3) is 0 Å². The van der Waals surface area contributed by atoms with Crippen LogP contribution in [0.2, 0.25) is 0 Å². The minimum atomic E-state index is 0.136. The van der Waals surface area contributed by atoms with E-state index in [1.54, 1.807) is 14.2 Å². The minimum absolute atomic E-state index is 0.136. The molecule has 0 aliphatic carbocycles. The first kappa shape index (κ1) is 19.8. The Morgan fingerprint density at radius 2 is 1.73 bits per heavy atom. The van der Waals surface area contributed by atoms with Crippen LogP contribution < -0.4 is 15.2 Å². The summed E-state index contributed by atoms with van der Waals surface area (Å²) in [4.78, 5) is 14.6. The maximum atomic E-state index is 12.7. The fourth-order valence-electron chi connectivity index (χ4n) is 2.82. The third-order valence-electron chi connectivity index (χ3n) is 4.28. The van der Waals surface area contributed by atoms with E-state index < -0.39 is 0 Å². The Labute approximate surface area is 155 Å². The number of nitrogens with zero attached hydrogens (tertiary/aromatic N) is 1. The first-order valence-electron chi connectivity index (χ1n) is 8.90. The molecule has 2 rings (SSSR count). The average molecular weight is 356 g/mol. The Morgan fingerprint density at radius 3 is 2.38 bits per heavy atom. The molecule has 5 nitrogen and oxygen atoms in total. The van der Waals surface area contributed by atoms with E-state index in [9.17, 15) is 4.79 Å². The van der Waals surface area contributed by atoms with E-state index in [1.807, 2.05) is 53.4 Å². The lowest BCUT2D eigenvalue weighted by Gasteiger charge is -2.23. The van der Waals surface area contributed by atoms with Gasteiger partial charge < -0.3 is 20.1 Å². The SMILES string of the molecule is COc1ccc(CCC(=O)N(CCCN)Cc2ccccc2)cc1OC. The number of ether oxygens (including phenoxy) is 2. The van der Waals surface area contributed by atoms with E-state index in [2.05, 4.69) is 0 Å². The van der Waals surface area contributed by atoms with Gasteiger partial charge in [0.15, 0.2) is 11.5 Å². The minimum Gasteiger partial charge on any atom is -0.493 e. The van der Waals surface area contributed by atoms with Gasteiger partial charge in [-0.15, -0.1) is 0 Å². The van der Waals surface area contributed by atoms with E-state index in [1.165, 1.54) is 0 Å². The van der Waals surface area contributed by atoms with Crippen molar-refractivity contribution in [3.8, 4) is 11.5 Å². The summed E-state index contributed by atoms with van der Waals surface area (Å²) in [6, 6.07) is 15.8. The second-order valence-electron chi connectivity index (χ2n) is 6.13. The van der Waals surface area contributed by atoms with Crippen LogP contribution in [0, 0.1) is 0 Å². The molecular weight excluding hydrogens is 328 g/mol. The molecule has 0 aliphatic rings. The van der Waals surface area contributed by atoms with Crippen molar-refractivity contribution in [2.75, 3.05) is 27.3 Å². The number of aryl methyl sites for hydroxylation is 1. The number of rotatable bonds is 10. The Hall–Kier alpha value is -2.53. The Bertz CT molecular complexity index is 689. The number of amides is 1. The second-order valence-corrected chi connectivity index (χ2v) is 6.13. The largest absolute Gasteiger partial charge is 0.493 e. The Kier molecular flexibility index (Phi) is 7.96. The maximum Gasteiger partial charge on any atom is 0.223 e. The van der Waals surface area contributed by atoms with E-state index in [0.717, 1.165) is 17.5 Å². The third kappa shape index (κ3) is 5.77. The Morgan fingerprint density at radius 1 is 1.00 bits per heavy atom. The molecule has 0 atom stereocenters. The molecule has 26 heavy (non-hydrogen) atoms. The molecule has 0 saturated carbocycles. The highest BCUT2D eigenvalue weighted by molar-refractivity contribution is 5.76. The van der Waals surface area contributed by atoms with Gasteiger partial charge in [0, 0.05) is 19.5 Å². The van der Waals surface area contributed by atoms with Gasteiger partial charge >= 0.3 is 0 Å². The summed E-state index contributed by atoms with van der Waals surface area (Å²) < 4.78 is 10.6. The van der Waals surface area contributed by atoms with Crippen molar-refractivity contribution < 1.29 is 14.3 Å². The number of methoxy groups -OCH3 is 2. The van der Waals surface area contributed by atoms with Gasteiger partial charge in [-0.25, -0.2) is 0 Å². The average Bonchev–Trinajstić information content (AvgIpc) is 2.69. The van der Waals surface area contributed by atoms with Crippen LogP contribution >= 0.6 is 0 Å². The standard InChI is InChI=1S/C21H28N2O3/c1-25-19-11-9-17(15-20(19)26-2)10-12-21(24)23(14-6-13-22)16-18-7-4-3-5-8-18/h3-5,7-9,11,15H,6,10,12-14,16,22H2,1-2H3. The third-order valence-corrected chi connectivity index (χ3v) is 4.28. The molecule has 0 unspecified atom stereocenters. The first-order valence-corrected chi connectivity index (χ1v) is 8.90. The lowest BCUT2D eigenvalue weighted by atomic mass is 10.1. The van der Waals surface area contributed by atoms with Crippen LogP contribution in [0.1, 0.15) is 24.0 Å². The smallest absolute Gasteiger partial charge is 0.223 e. The first-order chi connectivity index (χ1) is 12.7. The molecule has 0 spiro atoms. The van der Waals surface area contributed by atoms with Gasteiger partial charge in [-0.1, -0.05) is 36.4 Å². The molecule has 2 N–H and O–H groups in total. The van der Waals surface area contributed by atoms with Gasteiger partial charge in [-0.05, 0) is 42.6 Å². The van der Waals surface area contributed by atoms with Gasteiger partial charge in [-0.2, -0.15) is 0 Å². The normalized spacial score (nSPS) is 10.4. The van der Waals surface area contributed by atoms with E-state index in [-0.39, 0.29) is 5.91 Å². The summed E-state index contributed by atoms with van der Waals surface area (Å²) in [5, 5.41) is 0. The van der Waals surface area contributed by atoms with Gasteiger partial charge in [0.1, 0.15) is 0 Å². The highest BCUT2D eigenvalue weighted by atomic mass is 16.5. The van der Waals surface area contributed by atoms with Crippen molar-refractivity contribution in [3.05, 3.63) is 59.7 Å². The Balaban J connectivity index is 1.99. The molecule has 0 bridgehead atoms. The van der Waals surface area contributed by atoms with Gasteiger partial charge in [0.05, 0.1) is 14.2 Å². The van der Waals surface area contributed by atoms with Gasteiger partial charge in [-0.3, -0.25) is 4.79 Å². The number of carbonyl (C=O) groups excluding carboxylic acids is 1. The van der Waals surface area contributed by atoms with Crippen LogP contribution in [-0.2, 0) is 17.8 Å². The number of hydrogen-bond donors (Lipinski definition) is 1. The van der Waals surface area contributed by atoms with E-state index in [0.29, 0.717) is 44.0 Å². The summed E-state index contributed by atoms with van der Waals surface area (Å²) in [5.41, 5.74) is 7.81. The van der Waals surface area contributed by atoms with Crippen molar-refractivity contribution in [3.63, 3.8) is 0 Å². The molecule has 0 aromatic heterocycles. The predicted molar refractivity (Wildman–Crippen MR) is 103 cm³/mol. The zero-order chi connectivity index (χ0) is 18.8. The summed E-state index contributed by atoms with van der Waals surface area (Å²) >= 11 is 0. The van der Waals surface area contributed by atoms with Crippen LogP contribution in [0.3, 0.4) is 0 Å². The highest BCUT2D eigenvalue weighted by Crippen LogP contribution is 2.28. The fraction of sp³-hybridized carbons (Fsp3) is 0.381. The maximum absolute atomic E-state index is 12.7. The van der Waals surface area contributed by atoms with Crippen molar-refractivity contribution in [2.24, 2.45) is 5.73 Å². The van der Waals surface area contributed by atoms with Crippen molar-refractivity contribution in [1.29, 1.82) is 0 Å². The molecule has 2 aromatic carbocycles. The molecule has 0 fully saturated rings. The summed E-state index contributed by atoms with van der Waals surface area (Å²) in [5.74, 6) is 1.51. The lowest BCUT2D eigenvalue weighted by molar-refractivity contribution is -0.131. The molecule has 140 valence electrons. The zero-order valence-corrected chi connectivity index (χ0v) is 15.6. The van der Waals surface area contributed by atoms with E-state index in [4.69, 9.17) is 15.2 Å². The summed E-state index contributed by atoms with van der Waals surface area (Å²) in [6.45, 7) is 1.87. The van der Waals surface area contributed by atoms with Crippen LogP contribution in [0.4, 0.5) is 0 Å². The second kappa shape index (κ2) is 10.5. The van der Waals surface area contributed by atoms with E-state index >= 15 is 0 Å². The van der Waals surface area contributed by atoms with Crippen LogP contribution in [0.5, 0.6) is 11.5 Å². The quantitative estimate of drug-likeness (QED) is 0.711. The molecule has 0 aliphatic heterocycles. The molecule has 0 heterocycles. The molecule has 2 aromatic rings. The predicted octanol–water partition coefficient (Wildman–Crippen LogP) is 3.01. The number of benzene rings is 2. The van der Waals surface area contributed by atoms with Crippen LogP contribution in [0.25, 0.3) is 0 Å². The van der Waals surface area contributed by atoms with Crippen molar-refractivity contribution in [2.45, 2.75) is 25.8 Å². The molecular formula is C21H28N2O3. The number of carbonyl (C=O) groups is 1. The highest BCUT2D eigenvalue weighted by Gasteiger charge is 2.14. The molecule has 0 radical (unpaired) electrons. The zero-order valence-electron chi connectivity index (χ0n) is 15.6.